The van der Waals surface area contributed by atoms with Crippen molar-refractivity contribution in [2.24, 2.45) is 0 Å². The number of hydrogen-bond donors (Lipinski definition) is 3. The quantitative estimate of drug-likeness (QED) is 0.616. The van der Waals surface area contributed by atoms with E-state index in [2.05, 4.69) is 53.2 Å². The number of aromatic amines is 2. The molecule has 1 heterocycles. The zero-order valence-corrected chi connectivity index (χ0v) is 14.4. The highest BCUT2D eigenvalue weighted by atomic mass is 79.9. The van der Waals surface area contributed by atoms with Crippen molar-refractivity contribution in [1.29, 1.82) is 0 Å². The number of nitrogens with one attached hydrogen (secondary N) is 3. The third-order valence-corrected chi connectivity index (χ3v) is 4.65. The van der Waals surface area contributed by atoms with E-state index in [4.69, 9.17) is 0 Å². The molecule has 108 valence electrons. The van der Waals surface area contributed by atoms with Gasteiger partial charge >= 0.3 is 5.69 Å². The monoisotopic (exact) mass is 409 g/mol. The van der Waals surface area contributed by atoms with Crippen LogP contribution in [0, 0.1) is 0 Å². The predicted molar refractivity (Wildman–Crippen MR) is 91.7 cm³/mol. The third kappa shape index (κ3) is 2.84. The highest BCUT2D eigenvalue weighted by Gasteiger charge is 2.16. The van der Waals surface area contributed by atoms with Gasteiger partial charge in [-0.05, 0) is 48.5 Å². The summed E-state index contributed by atoms with van der Waals surface area (Å²) in [6, 6.07) is 12.0. The van der Waals surface area contributed by atoms with E-state index >= 15 is 0 Å². The van der Waals surface area contributed by atoms with Crippen LogP contribution in [0.4, 0.5) is 0 Å². The molecule has 0 radical (unpaired) electrons. The Morgan fingerprint density at radius 3 is 2.57 bits per heavy atom. The van der Waals surface area contributed by atoms with Gasteiger partial charge in [0.15, 0.2) is 0 Å². The largest absolute Gasteiger partial charge is 0.323 e. The summed E-state index contributed by atoms with van der Waals surface area (Å²) in [6.45, 7) is 0. The molecule has 0 spiro atoms. The van der Waals surface area contributed by atoms with Crippen molar-refractivity contribution < 1.29 is 0 Å². The van der Waals surface area contributed by atoms with Crippen LogP contribution in [0.1, 0.15) is 17.2 Å². The van der Waals surface area contributed by atoms with Crippen molar-refractivity contribution in [3.05, 3.63) is 67.0 Å². The number of benzene rings is 2. The molecular formula is C15H13Br2N3O. The molecule has 0 saturated carbocycles. The van der Waals surface area contributed by atoms with E-state index in [1.54, 1.807) is 0 Å². The fourth-order valence-corrected chi connectivity index (χ4v) is 3.32. The SMILES string of the molecule is CNC(c1ccc2[nH]c(=O)[nH]c2c1)c1cc(Br)ccc1Br. The molecule has 0 bridgehead atoms. The Bertz CT molecular complexity index is 853. The van der Waals surface area contributed by atoms with Crippen LogP contribution < -0.4 is 11.0 Å². The molecule has 3 aromatic rings. The lowest BCUT2D eigenvalue weighted by molar-refractivity contribution is 0.689. The van der Waals surface area contributed by atoms with Crippen LogP contribution in [-0.4, -0.2) is 17.0 Å². The second-order valence-electron chi connectivity index (χ2n) is 4.77. The molecule has 3 rings (SSSR count). The lowest BCUT2D eigenvalue weighted by Crippen LogP contribution is -2.18. The molecule has 1 aromatic heterocycles. The van der Waals surface area contributed by atoms with Crippen molar-refractivity contribution in [3.63, 3.8) is 0 Å². The zero-order chi connectivity index (χ0) is 15.0. The van der Waals surface area contributed by atoms with E-state index in [1.807, 2.05) is 37.4 Å². The number of rotatable bonds is 3. The van der Waals surface area contributed by atoms with Gasteiger partial charge in [-0.15, -0.1) is 0 Å². The molecule has 2 aromatic carbocycles. The number of H-pyrrole nitrogens is 2. The van der Waals surface area contributed by atoms with Gasteiger partial charge in [-0.25, -0.2) is 4.79 Å². The smallest absolute Gasteiger partial charge is 0.309 e. The molecule has 6 heteroatoms. The molecular weight excluding hydrogens is 398 g/mol. The molecule has 0 aliphatic carbocycles. The fraction of sp³-hybridized carbons (Fsp3) is 0.133. The molecule has 0 saturated heterocycles. The molecule has 1 atom stereocenters. The molecule has 21 heavy (non-hydrogen) atoms. The Balaban J connectivity index is 2.12. The first kappa shape index (κ1) is 14.6. The van der Waals surface area contributed by atoms with Crippen LogP contribution in [0.3, 0.4) is 0 Å². The van der Waals surface area contributed by atoms with Gasteiger partial charge in [0.05, 0.1) is 17.1 Å². The van der Waals surface area contributed by atoms with Gasteiger partial charge in [-0.3, -0.25) is 0 Å². The van der Waals surface area contributed by atoms with Crippen LogP contribution in [0.5, 0.6) is 0 Å². The topological polar surface area (TPSA) is 60.7 Å². The van der Waals surface area contributed by atoms with Crippen molar-refractivity contribution in [3.8, 4) is 0 Å². The van der Waals surface area contributed by atoms with Crippen LogP contribution in [-0.2, 0) is 0 Å². The Morgan fingerprint density at radius 2 is 1.81 bits per heavy atom. The van der Waals surface area contributed by atoms with Gasteiger partial charge in [0.1, 0.15) is 0 Å². The molecule has 3 N–H and O–H groups in total. The summed E-state index contributed by atoms with van der Waals surface area (Å²) in [7, 11) is 1.92. The molecule has 0 aliphatic rings. The minimum Gasteiger partial charge on any atom is -0.309 e. The standard InChI is InChI=1S/C15H13Br2N3O/c1-18-14(10-7-9(16)3-4-11(10)17)8-2-5-12-13(6-8)20-15(21)19-12/h2-7,14,18H,1H3,(H2,19,20,21). The van der Waals surface area contributed by atoms with Crippen molar-refractivity contribution >= 4 is 42.9 Å². The van der Waals surface area contributed by atoms with E-state index in [-0.39, 0.29) is 11.7 Å². The fourth-order valence-electron chi connectivity index (χ4n) is 2.47. The zero-order valence-electron chi connectivity index (χ0n) is 11.2. The van der Waals surface area contributed by atoms with Gasteiger partial charge in [-0.1, -0.05) is 37.9 Å². The molecule has 0 amide bonds. The summed E-state index contributed by atoms with van der Waals surface area (Å²) in [5.74, 6) is 0. The van der Waals surface area contributed by atoms with Crippen LogP contribution in [0.15, 0.2) is 50.1 Å². The lowest BCUT2D eigenvalue weighted by Gasteiger charge is -2.19. The maximum Gasteiger partial charge on any atom is 0.323 e. The molecule has 0 fully saturated rings. The lowest BCUT2D eigenvalue weighted by atomic mass is 9.98. The predicted octanol–water partition coefficient (Wildman–Crippen LogP) is 3.69. The van der Waals surface area contributed by atoms with E-state index in [9.17, 15) is 4.79 Å². The van der Waals surface area contributed by atoms with E-state index in [0.717, 1.165) is 31.1 Å². The highest BCUT2D eigenvalue weighted by molar-refractivity contribution is 9.11. The van der Waals surface area contributed by atoms with Crippen LogP contribution in [0.25, 0.3) is 11.0 Å². The van der Waals surface area contributed by atoms with E-state index in [0.29, 0.717) is 0 Å². The maximum atomic E-state index is 11.4. The minimum absolute atomic E-state index is 0.0275. The number of aromatic nitrogens is 2. The number of halogens is 2. The minimum atomic E-state index is -0.188. The first-order valence-electron chi connectivity index (χ1n) is 6.42. The Labute approximate surface area is 138 Å². The Morgan fingerprint density at radius 1 is 1.05 bits per heavy atom. The van der Waals surface area contributed by atoms with E-state index < -0.39 is 0 Å². The summed E-state index contributed by atoms with van der Waals surface area (Å²) in [4.78, 5) is 16.9. The normalized spacial score (nSPS) is 12.7. The van der Waals surface area contributed by atoms with Crippen molar-refractivity contribution in [1.82, 2.24) is 15.3 Å². The maximum absolute atomic E-state index is 11.4. The van der Waals surface area contributed by atoms with Gasteiger partial charge in [-0.2, -0.15) is 0 Å². The van der Waals surface area contributed by atoms with Crippen LogP contribution in [0.2, 0.25) is 0 Å². The second kappa shape index (κ2) is 5.79. The molecule has 4 nitrogen and oxygen atoms in total. The molecule has 0 aliphatic heterocycles. The Hall–Kier alpha value is -1.37. The third-order valence-electron chi connectivity index (χ3n) is 3.43. The van der Waals surface area contributed by atoms with Gasteiger partial charge in [0, 0.05) is 8.95 Å². The average Bonchev–Trinajstić information content (AvgIpc) is 2.83. The summed E-state index contributed by atoms with van der Waals surface area (Å²) >= 11 is 7.11. The van der Waals surface area contributed by atoms with Gasteiger partial charge in [0.25, 0.3) is 0 Å². The van der Waals surface area contributed by atoms with Gasteiger partial charge < -0.3 is 15.3 Å². The number of fused-ring (bicyclic) bond motifs is 1. The number of imidazole rings is 1. The highest BCUT2D eigenvalue weighted by Crippen LogP contribution is 2.31. The van der Waals surface area contributed by atoms with Gasteiger partial charge in [0.2, 0.25) is 0 Å². The summed E-state index contributed by atoms with van der Waals surface area (Å²) < 4.78 is 2.06. The molecule has 1 unspecified atom stereocenters. The Kier molecular flexibility index (Phi) is 4.01. The van der Waals surface area contributed by atoms with Crippen molar-refractivity contribution in [2.45, 2.75) is 6.04 Å². The summed E-state index contributed by atoms with van der Waals surface area (Å²) in [6.07, 6.45) is 0. The van der Waals surface area contributed by atoms with Crippen LogP contribution >= 0.6 is 31.9 Å². The summed E-state index contributed by atoms with van der Waals surface area (Å²) in [5.41, 5.74) is 3.64. The van der Waals surface area contributed by atoms with Crippen molar-refractivity contribution in [2.75, 3.05) is 7.05 Å². The first-order valence-corrected chi connectivity index (χ1v) is 8.01. The number of hydrogen-bond acceptors (Lipinski definition) is 2. The average molecular weight is 411 g/mol. The van der Waals surface area contributed by atoms with E-state index in [1.165, 1.54) is 0 Å². The first-order chi connectivity index (χ1) is 10.1. The summed E-state index contributed by atoms with van der Waals surface area (Å²) in [5, 5.41) is 3.32. The second-order valence-corrected chi connectivity index (χ2v) is 6.54.